The van der Waals surface area contributed by atoms with E-state index in [0.717, 1.165) is 37.6 Å². The van der Waals surface area contributed by atoms with Gasteiger partial charge < -0.3 is 24.7 Å². The molecule has 3 aromatic rings. The Hall–Kier alpha value is -3.27. The number of likely N-dealkylation sites (N-methyl/N-ethyl adjacent to an activating group) is 1. The minimum Gasteiger partial charge on any atom is -0.495 e. The van der Waals surface area contributed by atoms with E-state index in [9.17, 15) is 21.6 Å². The highest BCUT2D eigenvalue weighted by Crippen LogP contribution is 2.31. The number of nitrogens with zero attached hydrogens (tertiary/aromatic N) is 3. The van der Waals surface area contributed by atoms with Gasteiger partial charge in [0.05, 0.1) is 36.4 Å². The van der Waals surface area contributed by atoms with Crippen LogP contribution in [0.1, 0.15) is 42.3 Å². The highest BCUT2D eigenvalue weighted by Gasteiger charge is 2.32. The largest absolute Gasteiger partial charge is 0.495 e. The van der Waals surface area contributed by atoms with Gasteiger partial charge in [0.25, 0.3) is 0 Å². The molecule has 0 aliphatic carbocycles. The molecular weight excluding hydrogens is 543 g/mol. The monoisotopic (exact) mass is 577 g/mol. The Morgan fingerprint density at radius 1 is 1.25 bits per heavy atom. The van der Waals surface area contributed by atoms with Gasteiger partial charge in [-0.25, -0.2) is 13.4 Å². The van der Waals surface area contributed by atoms with Crippen molar-refractivity contribution in [3.8, 4) is 17.6 Å². The summed E-state index contributed by atoms with van der Waals surface area (Å²) in [5.41, 5.74) is 1.91. The van der Waals surface area contributed by atoms with Crippen LogP contribution in [0, 0.1) is 11.8 Å². The number of hydrogen-bond acceptors (Lipinski definition) is 7. The molecule has 1 aliphatic rings. The van der Waals surface area contributed by atoms with E-state index in [2.05, 4.69) is 32.4 Å². The number of aromatic nitrogens is 2. The highest BCUT2D eigenvalue weighted by atomic mass is 32.2. The molecule has 2 atom stereocenters. The van der Waals surface area contributed by atoms with Crippen LogP contribution in [0.5, 0.6) is 5.75 Å². The zero-order valence-electron chi connectivity index (χ0n) is 23.0. The first kappa shape index (κ1) is 29.7. The molecule has 0 spiro atoms. The Bertz CT molecular complexity index is 1520. The number of halogens is 3. The Balaban J connectivity index is 1.63. The minimum atomic E-state index is -4.44. The quantitative estimate of drug-likeness (QED) is 0.391. The molecule has 216 valence electrons. The number of pyridine rings is 1. The first-order valence-corrected chi connectivity index (χ1v) is 14.8. The lowest BCUT2D eigenvalue weighted by molar-refractivity contribution is -0.128. The van der Waals surface area contributed by atoms with E-state index in [0.29, 0.717) is 17.1 Å². The number of imidazole rings is 1. The second-order valence-electron chi connectivity index (χ2n) is 10.3. The van der Waals surface area contributed by atoms with Crippen LogP contribution < -0.4 is 15.4 Å². The number of anilines is 1. The van der Waals surface area contributed by atoms with E-state index in [-0.39, 0.29) is 34.9 Å². The first-order chi connectivity index (χ1) is 18.9. The fraction of sp³-hybridized carbons (Fsp3) is 0.464. The zero-order valence-corrected chi connectivity index (χ0v) is 23.8. The van der Waals surface area contributed by atoms with Crippen molar-refractivity contribution in [3.63, 3.8) is 0 Å². The van der Waals surface area contributed by atoms with Gasteiger partial charge >= 0.3 is 6.18 Å². The molecule has 1 aliphatic heterocycles. The molecular formula is C28H34F3N5O3S. The Kier molecular flexibility index (Phi) is 8.97. The fourth-order valence-corrected chi connectivity index (χ4v) is 5.67. The van der Waals surface area contributed by atoms with Crippen LogP contribution in [0.25, 0.3) is 5.65 Å². The van der Waals surface area contributed by atoms with E-state index in [1.165, 1.54) is 23.6 Å². The van der Waals surface area contributed by atoms with Gasteiger partial charge in [-0.05, 0) is 57.5 Å². The summed E-state index contributed by atoms with van der Waals surface area (Å²) in [5, 5.41) is 6.69. The number of ether oxygens (including phenoxy) is 1. The molecule has 0 unspecified atom stereocenters. The van der Waals surface area contributed by atoms with E-state index < -0.39 is 22.4 Å². The molecule has 12 heteroatoms. The summed E-state index contributed by atoms with van der Waals surface area (Å²) in [6.07, 6.45) is 0.0377. The number of benzene rings is 1. The molecule has 1 fully saturated rings. The Morgan fingerprint density at radius 3 is 2.70 bits per heavy atom. The zero-order chi connectivity index (χ0) is 29.1. The number of fused-ring (bicyclic) bond motifs is 1. The lowest BCUT2D eigenvalue weighted by Crippen LogP contribution is -2.43. The molecule has 4 rings (SSSR count). The molecule has 2 N–H and O–H groups in total. The molecule has 0 bridgehead atoms. The van der Waals surface area contributed by atoms with Crippen LogP contribution in [0.15, 0.2) is 41.4 Å². The van der Waals surface area contributed by atoms with Crippen molar-refractivity contribution in [3.05, 3.63) is 53.5 Å². The lowest BCUT2D eigenvalue weighted by atomic mass is 9.93. The minimum absolute atomic E-state index is 0.00686. The smallest absolute Gasteiger partial charge is 0.394 e. The summed E-state index contributed by atoms with van der Waals surface area (Å²) in [4.78, 5) is 6.82. The standard InChI is InChI=1S/C28H34F3N5O3S/c1-35(2)18-19-8-5-10-22(33-19)21-9-7-15-36-25(17-28(29,30)31)23(34-27(21)36)11-6-14-32-24-13-12-20(40(4,37)38)16-26(24)39-3/h7,9,12-13,15-16,19,22,32-33H,5,8,10,14,17-18H2,1-4H3/t19-,22+/m1/s1. The Labute approximate surface area is 232 Å². The molecule has 0 amide bonds. The molecule has 1 saturated heterocycles. The predicted molar refractivity (Wildman–Crippen MR) is 148 cm³/mol. The summed E-state index contributed by atoms with van der Waals surface area (Å²) in [7, 11) is 2.04. The van der Waals surface area contributed by atoms with E-state index in [1.54, 1.807) is 18.3 Å². The van der Waals surface area contributed by atoms with Gasteiger partial charge in [0, 0.05) is 42.7 Å². The maximum atomic E-state index is 13.6. The van der Waals surface area contributed by atoms with E-state index in [4.69, 9.17) is 4.74 Å². The number of alkyl halides is 3. The summed E-state index contributed by atoms with van der Waals surface area (Å²) < 4.78 is 71.2. The number of sulfone groups is 1. The van der Waals surface area contributed by atoms with Gasteiger partial charge in [-0.15, -0.1) is 0 Å². The summed E-state index contributed by atoms with van der Waals surface area (Å²) in [6.45, 7) is 0.954. The van der Waals surface area contributed by atoms with Crippen LogP contribution in [0.3, 0.4) is 0 Å². The average molecular weight is 578 g/mol. The topological polar surface area (TPSA) is 88.0 Å². The number of hydrogen-bond donors (Lipinski definition) is 2. The molecule has 2 aromatic heterocycles. The van der Waals surface area contributed by atoms with Crippen molar-refractivity contribution in [2.45, 2.75) is 48.8 Å². The van der Waals surface area contributed by atoms with Crippen molar-refractivity contribution in [1.29, 1.82) is 0 Å². The molecule has 1 aromatic carbocycles. The maximum Gasteiger partial charge on any atom is 0.394 e. The second-order valence-corrected chi connectivity index (χ2v) is 12.3. The highest BCUT2D eigenvalue weighted by molar-refractivity contribution is 7.90. The SMILES string of the molecule is COc1cc(S(C)(=O)=O)ccc1NCC#Cc1nc2c([C@@H]3CCC[C@H](CN(C)C)N3)cccn2c1CC(F)(F)F. The van der Waals surface area contributed by atoms with Crippen LogP contribution >= 0.6 is 0 Å². The number of rotatable bonds is 8. The molecule has 3 heterocycles. The second kappa shape index (κ2) is 12.1. The maximum absolute atomic E-state index is 13.6. The average Bonchev–Trinajstić information content (AvgIpc) is 3.21. The predicted octanol–water partition coefficient (Wildman–Crippen LogP) is 4.06. The van der Waals surface area contributed by atoms with Gasteiger partial charge in [-0.2, -0.15) is 13.2 Å². The van der Waals surface area contributed by atoms with E-state index in [1.807, 2.05) is 20.2 Å². The third-order valence-electron chi connectivity index (χ3n) is 6.77. The van der Waals surface area contributed by atoms with Crippen molar-refractivity contribution in [2.75, 3.05) is 45.9 Å². The Morgan fingerprint density at radius 2 is 2.02 bits per heavy atom. The van der Waals surface area contributed by atoms with Crippen LogP contribution in [-0.2, 0) is 16.3 Å². The molecule has 40 heavy (non-hydrogen) atoms. The summed E-state index contributed by atoms with van der Waals surface area (Å²) >= 11 is 0. The van der Waals surface area contributed by atoms with Crippen molar-refractivity contribution < 1.29 is 26.3 Å². The third-order valence-corrected chi connectivity index (χ3v) is 7.88. The van der Waals surface area contributed by atoms with E-state index >= 15 is 0 Å². The van der Waals surface area contributed by atoms with Crippen LogP contribution in [0.4, 0.5) is 18.9 Å². The fourth-order valence-electron chi connectivity index (χ4n) is 5.03. The normalized spacial score (nSPS) is 18.0. The van der Waals surface area contributed by atoms with Gasteiger partial charge in [-0.1, -0.05) is 12.0 Å². The number of nitrogens with one attached hydrogen (secondary N) is 2. The van der Waals surface area contributed by atoms with Gasteiger partial charge in [0.1, 0.15) is 17.1 Å². The molecule has 0 radical (unpaired) electrons. The third kappa shape index (κ3) is 7.27. The van der Waals surface area contributed by atoms with Gasteiger partial charge in [0.2, 0.25) is 0 Å². The van der Waals surface area contributed by atoms with Gasteiger partial charge in [-0.3, -0.25) is 0 Å². The van der Waals surface area contributed by atoms with Crippen molar-refractivity contribution in [2.24, 2.45) is 0 Å². The lowest BCUT2D eigenvalue weighted by Gasteiger charge is -2.33. The molecule has 8 nitrogen and oxygen atoms in total. The van der Waals surface area contributed by atoms with Crippen molar-refractivity contribution >= 4 is 21.2 Å². The summed E-state index contributed by atoms with van der Waals surface area (Å²) in [6, 6.07) is 8.34. The number of methoxy groups -OCH3 is 1. The van der Waals surface area contributed by atoms with Gasteiger partial charge in [0.15, 0.2) is 9.84 Å². The van der Waals surface area contributed by atoms with Crippen LogP contribution in [0.2, 0.25) is 0 Å². The van der Waals surface area contributed by atoms with Crippen LogP contribution in [-0.4, -0.2) is 75.5 Å². The summed E-state index contributed by atoms with van der Waals surface area (Å²) in [5.74, 6) is 6.00. The molecule has 0 saturated carbocycles. The first-order valence-electron chi connectivity index (χ1n) is 12.9. The number of piperidine rings is 1. The van der Waals surface area contributed by atoms with Crippen molar-refractivity contribution in [1.82, 2.24) is 19.6 Å².